The fraction of sp³-hybridized carbons (Fsp3) is 0.769. The minimum Gasteiger partial charge on any atom is -0.385 e. The Morgan fingerprint density at radius 3 is 2.74 bits per heavy atom. The number of hydrogen-bond donors (Lipinski definition) is 1. The van der Waals surface area contributed by atoms with Gasteiger partial charge in [-0.15, -0.1) is 0 Å². The first-order valence-corrected chi connectivity index (χ1v) is 7.44. The Kier molecular flexibility index (Phi) is 3.80. The average Bonchev–Trinajstić information content (AvgIpc) is 2.81. The summed E-state index contributed by atoms with van der Waals surface area (Å²) in [5.74, 6) is 0. The lowest BCUT2D eigenvalue weighted by atomic mass is 10.00. The number of halogens is 1. The van der Waals surface area contributed by atoms with E-state index in [1.807, 2.05) is 4.68 Å². The standard InChI is InChI=1S/C13H21ClN4O/c1-2-3-18-12(10(14)8-15-18)13(19)11-9-16-4-6-17(11)7-5-16/h8,11,13,19H,2-7,9H2,1H3. The predicted molar refractivity (Wildman–Crippen MR) is 74.3 cm³/mol. The van der Waals surface area contributed by atoms with E-state index in [2.05, 4.69) is 21.8 Å². The first kappa shape index (κ1) is 13.4. The van der Waals surface area contributed by atoms with Crippen LogP contribution in [0.3, 0.4) is 0 Å². The fourth-order valence-electron chi connectivity index (χ4n) is 3.20. The van der Waals surface area contributed by atoms with Crippen molar-refractivity contribution in [2.24, 2.45) is 0 Å². The third kappa shape index (κ3) is 2.40. The zero-order chi connectivity index (χ0) is 13.4. The topological polar surface area (TPSA) is 44.5 Å². The molecule has 0 saturated carbocycles. The number of piperazine rings is 3. The zero-order valence-corrected chi connectivity index (χ0v) is 12.1. The van der Waals surface area contributed by atoms with E-state index in [1.54, 1.807) is 6.20 Å². The van der Waals surface area contributed by atoms with E-state index in [-0.39, 0.29) is 6.04 Å². The van der Waals surface area contributed by atoms with Crippen molar-refractivity contribution >= 4 is 11.6 Å². The van der Waals surface area contributed by atoms with Crippen molar-refractivity contribution in [1.29, 1.82) is 0 Å². The van der Waals surface area contributed by atoms with Crippen LogP contribution < -0.4 is 0 Å². The van der Waals surface area contributed by atoms with Gasteiger partial charge in [-0.05, 0) is 6.42 Å². The Bertz CT molecular complexity index is 442. The number of fused-ring (bicyclic) bond motifs is 3. The Labute approximate surface area is 118 Å². The van der Waals surface area contributed by atoms with Gasteiger partial charge >= 0.3 is 0 Å². The third-order valence-electron chi connectivity index (χ3n) is 4.23. The number of aromatic nitrogens is 2. The van der Waals surface area contributed by atoms with Gasteiger partial charge in [-0.3, -0.25) is 14.5 Å². The predicted octanol–water partition coefficient (Wildman–Crippen LogP) is 0.980. The molecular formula is C13H21ClN4O. The summed E-state index contributed by atoms with van der Waals surface area (Å²) in [6.45, 7) is 8.15. The van der Waals surface area contributed by atoms with E-state index in [4.69, 9.17) is 11.6 Å². The molecule has 0 aromatic carbocycles. The summed E-state index contributed by atoms with van der Waals surface area (Å²) >= 11 is 6.22. The van der Waals surface area contributed by atoms with Crippen LogP contribution >= 0.6 is 11.6 Å². The number of aliphatic hydroxyl groups is 1. The molecule has 5 nitrogen and oxygen atoms in total. The van der Waals surface area contributed by atoms with Crippen LogP contribution in [-0.2, 0) is 6.54 Å². The molecule has 19 heavy (non-hydrogen) atoms. The fourth-order valence-corrected chi connectivity index (χ4v) is 3.45. The molecule has 0 amide bonds. The van der Waals surface area contributed by atoms with Gasteiger partial charge in [0.25, 0.3) is 0 Å². The van der Waals surface area contributed by atoms with Crippen molar-refractivity contribution in [3.05, 3.63) is 16.9 Å². The Hall–Kier alpha value is -0.620. The molecule has 2 atom stereocenters. The van der Waals surface area contributed by atoms with Crippen LogP contribution in [0.5, 0.6) is 0 Å². The van der Waals surface area contributed by atoms with Gasteiger partial charge in [0.1, 0.15) is 6.10 Å². The molecule has 0 aliphatic carbocycles. The largest absolute Gasteiger partial charge is 0.385 e. The Morgan fingerprint density at radius 1 is 1.42 bits per heavy atom. The second-order valence-electron chi connectivity index (χ2n) is 5.45. The molecule has 3 aliphatic heterocycles. The van der Waals surface area contributed by atoms with Crippen LogP contribution in [0.15, 0.2) is 6.20 Å². The van der Waals surface area contributed by atoms with Crippen molar-refractivity contribution < 1.29 is 5.11 Å². The number of rotatable bonds is 4. The van der Waals surface area contributed by atoms with Crippen LogP contribution in [0, 0.1) is 0 Å². The third-order valence-corrected chi connectivity index (χ3v) is 4.53. The Balaban J connectivity index is 1.83. The lowest BCUT2D eigenvalue weighted by Crippen LogP contribution is -2.62. The number of aliphatic hydroxyl groups excluding tert-OH is 1. The van der Waals surface area contributed by atoms with E-state index >= 15 is 0 Å². The SMILES string of the molecule is CCCn1ncc(Cl)c1C(O)C1CN2CCN1CC2. The summed E-state index contributed by atoms with van der Waals surface area (Å²) in [5, 5.41) is 15.6. The van der Waals surface area contributed by atoms with Crippen molar-refractivity contribution in [2.75, 3.05) is 32.7 Å². The van der Waals surface area contributed by atoms with E-state index in [9.17, 15) is 5.11 Å². The van der Waals surface area contributed by atoms with Gasteiger partial charge in [-0.2, -0.15) is 5.10 Å². The quantitative estimate of drug-likeness (QED) is 0.895. The summed E-state index contributed by atoms with van der Waals surface area (Å²) in [6.07, 6.45) is 2.08. The highest BCUT2D eigenvalue weighted by Gasteiger charge is 2.38. The summed E-state index contributed by atoms with van der Waals surface area (Å²) in [4.78, 5) is 4.80. The molecule has 3 aliphatic rings. The van der Waals surface area contributed by atoms with Crippen LogP contribution in [0.25, 0.3) is 0 Å². The average molecular weight is 285 g/mol. The molecule has 106 valence electrons. The van der Waals surface area contributed by atoms with Crippen molar-refractivity contribution in [3.8, 4) is 0 Å². The second-order valence-corrected chi connectivity index (χ2v) is 5.86. The summed E-state index contributed by atoms with van der Waals surface area (Å²) < 4.78 is 1.85. The molecule has 4 heterocycles. The highest BCUT2D eigenvalue weighted by Crippen LogP contribution is 2.31. The molecule has 1 aromatic heterocycles. The van der Waals surface area contributed by atoms with Crippen molar-refractivity contribution in [1.82, 2.24) is 19.6 Å². The van der Waals surface area contributed by atoms with Gasteiger partial charge in [0, 0.05) is 39.3 Å². The molecule has 0 radical (unpaired) electrons. The minimum absolute atomic E-state index is 0.146. The van der Waals surface area contributed by atoms with E-state index < -0.39 is 6.10 Å². The Morgan fingerprint density at radius 2 is 2.16 bits per heavy atom. The molecule has 4 rings (SSSR count). The lowest BCUT2D eigenvalue weighted by Gasteiger charge is -2.49. The molecule has 2 unspecified atom stereocenters. The van der Waals surface area contributed by atoms with Gasteiger partial charge in [0.15, 0.2) is 0 Å². The normalized spacial score (nSPS) is 31.6. The highest BCUT2D eigenvalue weighted by atomic mass is 35.5. The number of aryl methyl sites for hydroxylation is 1. The number of hydrogen-bond acceptors (Lipinski definition) is 4. The van der Waals surface area contributed by atoms with Gasteiger partial charge in [0.2, 0.25) is 0 Å². The summed E-state index contributed by atoms with van der Waals surface area (Å²) in [6, 6.07) is 0.146. The molecule has 2 bridgehead atoms. The molecule has 6 heteroatoms. The molecular weight excluding hydrogens is 264 g/mol. The zero-order valence-electron chi connectivity index (χ0n) is 11.3. The van der Waals surface area contributed by atoms with Gasteiger partial charge < -0.3 is 5.11 Å². The molecule has 1 aromatic rings. The summed E-state index contributed by atoms with van der Waals surface area (Å²) in [7, 11) is 0. The van der Waals surface area contributed by atoms with Gasteiger partial charge in [-0.25, -0.2) is 0 Å². The smallest absolute Gasteiger partial charge is 0.114 e. The maximum absolute atomic E-state index is 10.7. The van der Waals surface area contributed by atoms with Crippen molar-refractivity contribution in [2.45, 2.75) is 32.0 Å². The maximum Gasteiger partial charge on any atom is 0.114 e. The van der Waals surface area contributed by atoms with E-state index in [0.717, 1.165) is 51.4 Å². The van der Waals surface area contributed by atoms with E-state index in [0.29, 0.717) is 5.02 Å². The first-order valence-electron chi connectivity index (χ1n) is 7.06. The van der Waals surface area contributed by atoms with Crippen molar-refractivity contribution in [3.63, 3.8) is 0 Å². The molecule has 3 fully saturated rings. The number of nitrogens with zero attached hydrogens (tertiary/aromatic N) is 4. The summed E-state index contributed by atoms with van der Waals surface area (Å²) in [5.41, 5.74) is 0.780. The van der Waals surface area contributed by atoms with Crippen LogP contribution in [0.1, 0.15) is 25.1 Å². The first-order chi connectivity index (χ1) is 9.20. The van der Waals surface area contributed by atoms with Crippen LogP contribution in [0.2, 0.25) is 5.02 Å². The molecule has 1 N–H and O–H groups in total. The van der Waals surface area contributed by atoms with Gasteiger partial charge in [0.05, 0.1) is 23.0 Å². The van der Waals surface area contributed by atoms with Crippen LogP contribution in [-0.4, -0.2) is 63.5 Å². The molecule has 0 spiro atoms. The maximum atomic E-state index is 10.7. The second kappa shape index (κ2) is 5.40. The minimum atomic E-state index is -0.551. The molecule has 3 saturated heterocycles. The van der Waals surface area contributed by atoms with Crippen LogP contribution in [0.4, 0.5) is 0 Å². The lowest BCUT2D eigenvalue weighted by molar-refractivity contribution is -0.0495. The monoisotopic (exact) mass is 284 g/mol. The highest BCUT2D eigenvalue weighted by molar-refractivity contribution is 6.31. The van der Waals surface area contributed by atoms with Gasteiger partial charge in [-0.1, -0.05) is 18.5 Å². The van der Waals surface area contributed by atoms with E-state index in [1.165, 1.54) is 0 Å².